The normalized spacial score (nSPS) is 17.6. The Kier molecular flexibility index (Phi) is 4.32. The number of hydrogen-bond acceptors (Lipinski definition) is 4. The number of rotatable bonds is 4. The van der Waals surface area contributed by atoms with Crippen molar-refractivity contribution in [2.45, 2.75) is 30.6 Å². The highest BCUT2D eigenvalue weighted by Gasteiger charge is 2.28. The maximum Gasteiger partial charge on any atom is 0.256 e. The number of H-pyrrole nitrogens is 1. The number of anilines is 1. The zero-order valence-corrected chi connectivity index (χ0v) is 16.0. The number of ether oxygens (including phenoxy) is 1. The average molecular weight is 387 g/mol. The Morgan fingerprint density at radius 1 is 1.22 bits per heavy atom. The van der Waals surface area contributed by atoms with Gasteiger partial charge in [-0.25, -0.2) is 13.1 Å². The summed E-state index contributed by atoms with van der Waals surface area (Å²) < 4.78 is 32.1. The van der Waals surface area contributed by atoms with Crippen molar-refractivity contribution in [3.8, 4) is 5.75 Å². The lowest BCUT2D eigenvalue weighted by Gasteiger charge is -2.11. The number of methoxy groups -OCH3 is 1. The third-order valence-corrected chi connectivity index (χ3v) is 6.53. The fourth-order valence-corrected chi connectivity index (χ4v) is 4.51. The number of fused-ring (bicyclic) bond motifs is 2. The van der Waals surface area contributed by atoms with Gasteiger partial charge in [0.15, 0.2) is 0 Å². The van der Waals surface area contributed by atoms with E-state index in [0.29, 0.717) is 16.8 Å². The number of hydrogen-bond donors (Lipinski definition) is 3. The second-order valence-electron chi connectivity index (χ2n) is 6.66. The molecule has 2 aliphatic rings. The minimum Gasteiger partial charge on any atom is -0.494 e. The summed E-state index contributed by atoms with van der Waals surface area (Å²) in [6.07, 6.45) is 5.90. The number of carbonyl (C=O) groups excluding carboxylic acids is 1. The molecule has 0 unspecified atom stereocenters. The van der Waals surface area contributed by atoms with Crippen LogP contribution < -0.4 is 14.8 Å². The van der Waals surface area contributed by atoms with Gasteiger partial charge >= 0.3 is 0 Å². The summed E-state index contributed by atoms with van der Waals surface area (Å²) in [5.74, 6) is 0.496. The van der Waals surface area contributed by atoms with Crippen LogP contribution in [0.4, 0.5) is 5.69 Å². The molecule has 1 aromatic heterocycles. The number of nitrogens with one attached hydrogen (secondary N) is 3. The molecule has 4 rings (SSSR count). The smallest absolute Gasteiger partial charge is 0.256 e. The molecular weight excluding hydrogens is 366 g/mol. The third-order valence-electron chi connectivity index (χ3n) is 5.12. The van der Waals surface area contributed by atoms with E-state index < -0.39 is 10.0 Å². The summed E-state index contributed by atoms with van der Waals surface area (Å²) in [6, 6.07) is 4.59. The molecule has 0 bridgehead atoms. The van der Waals surface area contributed by atoms with Gasteiger partial charge in [0, 0.05) is 22.5 Å². The van der Waals surface area contributed by atoms with Gasteiger partial charge in [-0.15, -0.1) is 0 Å². The molecule has 7 nitrogen and oxygen atoms in total. The highest BCUT2D eigenvalue weighted by molar-refractivity contribution is 7.89. The largest absolute Gasteiger partial charge is 0.494 e. The zero-order valence-electron chi connectivity index (χ0n) is 15.2. The molecule has 1 aliphatic heterocycles. The molecule has 142 valence electrons. The van der Waals surface area contributed by atoms with Crippen LogP contribution in [-0.2, 0) is 27.7 Å². The highest BCUT2D eigenvalue weighted by Crippen LogP contribution is 2.38. The monoisotopic (exact) mass is 387 g/mol. The summed E-state index contributed by atoms with van der Waals surface area (Å²) in [7, 11) is -0.614. The Bertz CT molecular complexity index is 1070. The second kappa shape index (κ2) is 6.54. The predicted octanol–water partition coefficient (Wildman–Crippen LogP) is 2.30. The van der Waals surface area contributed by atoms with E-state index >= 15 is 0 Å². The van der Waals surface area contributed by atoms with Crippen LogP contribution in [0.1, 0.15) is 35.4 Å². The van der Waals surface area contributed by atoms with Crippen LogP contribution in [0.25, 0.3) is 11.6 Å². The number of aryl methyl sites for hydroxylation is 1. The molecular formula is C19H21N3O4S. The van der Waals surface area contributed by atoms with Gasteiger partial charge in [-0.2, -0.15) is 0 Å². The number of aromatic amines is 1. The summed E-state index contributed by atoms with van der Waals surface area (Å²) in [6.45, 7) is 0. The molecule has 3 N–H and O–H groups in total. The number of amides is 1. The first-order valence-corrected chi connectivity index (χ1v) is 10.3. The molecule has 0 saturated heterocycles. The standard InChI is InChI=1S/C19H21N3O4S/c1-20-27(24,25)11-7-8-16-13(9-11)14(19(23)22-16)10-17-18(26-2)12-5-3-4-6-15(12)21-17/h7-10,20-21H,3-6H2,1-2H3,(H,22,23). The van der Waals surface area contributed by atoms with Crippen LogP contribution in [0, 0.1) is 0 Å². The maximum atomic E-state index is 12.5. The summed E-state index contributed by atoms with van der Waals surface area (Å²) in [5, 5.41) is 2.79. The van der Waals surface area contributed by atoms with Gasteiger partial charge in [0.1, 0.15) is 5.75 Å². The first-order valence-electron chi connectivity index (χ1n) is 8.83. The molecule has 2 aromatic rings. The number of benzene rings is 1. The van der Waals surface area contributed by atoms with Crippen molar-refractivity contribution >= 4 is 33.3 Å². The molecule has 1 aromatic carbocycles. The molecule has 0 saturated carbocycles. The van der Waals surface area contributed by atoms with Crippen LogP contribution in [0.2, 0.25) is 0 Å². The summed E-state index contributed by atoms with van der Waals surface area (Å²) >= 11 is 0. The SMILES string of the molecule is CNS(=O)(=O)c1ccc2c(c1)C(=Cc1[nH]c3c(c1OC)CCCC3)C(=O)N2. The lowest BCUT2D eigenvalue weighted by Crippen LogP contribution is -2.18. The fraction of sp³-hybridized carbons (Fsp3) is 0.316. The molecule has 0 atom stereocenters. The van der Waals surface area contributed by atoms with Crippen molar-refractivity contribution < 1.29 is 17.9 Å². The summed E-state index contributed by atoms with van der Waals surface area (Å²) in [4.78, 5) is 16.0. The zero-order chi connectivity index (χ0) is 19.2. The minimum absolute atomic E-state index is 0.115. The Hall–Kier alpha value is -2.58. The van der Waals surface area contributed by atoms with E-state index in [1.165, 1.54) is 24.7 Å². The Labute approximate surface area is 157 Å². The second-order valence-corrected chi connectivity index (χ2v) is 8.55. The number of sulfonamides is 1. The lowest BCUT2D eigenvalue weighted by molar-refractivity contribution is -0.110. The van der Waals surface area contributed by atoms with E-state index in [2.05, 4.69) is 15.0 Å². The Morgan fingerprint density at radius 2 is 2.00 bits per heavy atom. The molecule has 1 amide bonds. The van der Waals surface area contributed by atoms with Gasteiger partial charge in [0.25, 0.3) is 5.91 Å². The quantitative estimate of drug-likeness (QED) is 0.701. The van der Waals surface area contributed by atoms with Crippen LogP contribution in [0.3, 0.4) is 0 Å². The van der Waals surface area contributed by atoms with Crippen LogP contribution in [0.15, 0.2) is 23.1 Å². The van der Waals surface area contributed by atoms with Crippen LogP contribution in [-0.4, -0.2) is 33.5 Å². The molecule has 2 heterocycles. The van der Waals surface area contributed by atoms with Gasteiger partial charge in [0.2, 0.25) is 10.0 Å². The van der Waals surface area contributed by atoms with Crippen molar-refractivity contribution in [2.24, 2.45) is 0 Å². The van der Waals surface area contributed by atoms with E-state index in [0.717, 1.165) is 42.8 Å². The molecule has 27 heavy (non-hydrogen) atoms. The van der Waals surface area contributed by atoms with Crippen LogP contribution >= 0.6 is 0 Å². The minimum atomic E-state index is -3.60. The van der Waals surface area contributed by atoms with E-state index in [1.54, 1.807) is 19.3 Å². The summed E-state index contributed by atoms with van der Waals surface area (Å²) in [5.41, 5.74) is 4.62. The van der Waals surface area contributed by atoms with E-state index in [4.69, 9.17) is 4.74 Å². The van der Waals surface area contributed by atoms with Gasteiger partial charge in [-0.1, -0.05) is 0 Å². The maximum absolute atomic E-state index is 12.5. The van der Waals surface area contributed by atoms with Crippen molar-refractivity contribution in [3.05, 3.63) is 40.7 Å². The van der Waals surface area contributed by atoms with Gasteiger partial charge in [0.05, 0.1) is 23.3 Å². The van der Waals surface area contributed by atoms with E-state index in [-0.39, 0.29) is 10.8 Å². The first kappa shape index (κ1) is 17.8. The Balaban J connectivity index is 1.84. The molecule has 8 heteroatoms. The molecule has 0 fully saturated rings. The highest BCUT2D eigenvalue weighted by atomic mass is 32.2. The lowest BCUT2D eigenvalue weighted by atomic mass is 9.97. The van der Waals surface area contributed by atoms with Gasteiger partial charge in [-0.05, 0) is 57.0 Å². The van der Waals surface area contributed by atoms with Crippen LogP contribution in [0.5, 0.6) is 5.75 Å². The molecule has 1 aliphatic carbocycles. The van der Waals surface area contributed by atoms with Crippen molar-refractivity contribution in [1.29, 1.82) is 0 Å². The van der Waals surface area contributed by atoms with Crippen molar-refractivity contribution in [2.75, 3.05) is 19.5 Å². The van der Waals surface area contributed by atoms with Crippen molar-refractivity contribution in [3.63, 3.8) is 0 Å². The van der Waals surface area contributed by atoms with E-state index in [1.807, 2.05) is 0 Å². The Morgan fingerprint density at radius 3 is 2.74 bits per heavy atom. The first-order chi connectivity index (χ1) is 12.9. The molecule has 0 radical (unpaired) electrons. The number of carbonyl (C=O) groups is 1. The van der Waals surface area contributed by atoms with Gasteiger partial charge in [-0.3, -0.25) is 4.79 Å². The van der Waals surface area contributed by atoms with Crippen molar-refractivity contribution in [1.82, 2.24) is 9.71 Å². The third kappa shape index (κ3) is 2.94. The average Bonchev–Trinajstić information content (AvgIpc) is 3.18. The topological polar surface area (TPSA) is 100 Å². The fourth-order valence-electron chi connectivity index (χ4n) is 3.75. The van der Waals surface area contributed by atoms with E-state index in [9.17, 15) is 13.2 Å². The van der Waals surface area contributed by atoms with Gasteiger partial charge < -0.3 is 15.0 Å². The predicted molar refractivity (Wildman–Crippen MR) is 103 cm³/mol. The number of aromatic nitrogens is 1. The molecule has 0 spiro atoms.